The number of carbonyl (C=O) groups excluding carboxylic acids is 1. The third-order valence-corrected chi connectivity index (χ3v) is 2.46. The predicted octanol–water partition coefficient (Wildman–Crippen LogP) is 1.64. The van der Waals surface area contributed by atoms with Crippen molar-refractivity contribution in [1.82, 2.24) is 15.6 Å². The van der Waals surface area contributed by atoms with Gasteiger partial charge in [-0.3, -0.25) is 0 Å². The van der Waals surface area contributed by atoms with Crippen molar-refractivity contribution < 1.29 is 4.79 Å². The lowest BCUT2D eigenvalue weighted by Gasteiger charge is -2.08. The summed E-state index contributed by atoms with van der Waals surface area (Å²) in [6, 6.07) is -0.0982. The lowest BCUT2D eigenvalue weighted by atomic mass is 10.2. The van der Waals surface area contributed by atoms with Crippen LogP contribution in [0.5, 0.6) is 0 Å². The van der Waals surface area contributed by atoms with Crippen LogP contribution in [0.3, 0.4) is 0 Å². The van der Waals surface area contributed by atoms with Crippen LogP contribution in [-0.2, 0) is 6.42 Å². The van der Waals surface area contributed by atoms with E-state index in [1.807, 2.05) is 5.38 Å². The molecule has 0 saturated heterocycles. The van der Waals surface area contributed by atoms with Crippen LogP contribution in [0.4, 0.5) is 4.79 Å². The molecule has 0 radical (unpaired) electrons. The van der Waals surface area contributed by atoms with Crippen LogP contribution in [0, 0.1) is 5.92 Å². The molecule has 5 heteroatoms. The molecule has 0 aliphatic carbocycles. The highest BCUT2D eigenvalue weighted by Crippen LogP contribution is 2.00. The van der Waals surface area contributed by atoms with E-state index in [2.05, 4.69) is 29.5 Å². The van der Waals surface area contributed by atoms with E-state index in [4.69, 9.17) is 0 Å². The van der Waals surface area contributed by atoms with Gasteiger partial charge in [0.25, 0.3) is 0 Å². The number of nitrogens with one attached hydrogen (secondary N) is 2. The highest BCUT2D eigenvalue weighted by atomic mass is 32.1. The second kappa shape index (κ2) is 6.40. The molecule has 0 saturated carbocycles. The van der Waals surface area contributed by atoms with Gasteiger partial charge in [-0.2, -0.15) is 0 Å². The van der Waals surface area contributed by atoms with Gasteiger partial charge in [-0.1, -0.05) is 13.8 Å². The van der Waals surface area contributed by atoms with Gasteiger partial charge in [-0.25, -0.2) is 9.78 Å². The lowest BCUT2D eigenvalue weighted by molar-refractivity contribution is 0.239. The number of amides is 2. The summed E-state index contributed by atoms with van der Waals surface area (Å²) in [6.07, 6.45) is 0.790. The average Bonchev–Trinajstić information content (AvgIpc) is 2.67. The largest absolute Gasteiger partial charge is 0.338 e. The van der Waals surface area contributed by atoms with Crippen molar-refractivity contribution in [3.05, 3.63) is 16.6 Å². The first-order valence-electron chi connectivity index (χ1n) is 5.07. The molecule has 0 bridgehead atoms. The normalized spacial score (nSPS) is 10.3. The van der Waals surface area contributed by atoms with Crippen molar-refractivity contribution in [3.63, 3.8) is 0 Å². The molecule has 4 nitrogen and oxygen atoms in total. The molecule has 2 N–H and O–H groups in total. The van der Waals surface area contributed by atoms with Crippen LogP contribution in [0.25, 0.3) is 0 Å². The van der Waals surface area contributed by atoms with E-state index >= 15 is 0 Å². The molecule has 1 aromatic rings. The molecule has 84 valence electrons. The fourth-order valence-electron chi connectivity index (χ4n) is 1.02. The number of carbonyl (C=O) groups is 1. The quantitative estimate of drug-likeness (QED) is 0.803. The van der Waals surface area contributed by atoms with E-state index in [9.17, 15) is 4.79 Å². The minimum atomic E-state index is -0.0982. The molecule has 0 spiro atoms. The van der Waals surface area contributed by atoms with Gasteiger partial charge < -0.3 is 10.6 Å². The summed E-state index contributed by atoms with van der Waals surface area (Å²) >= 11 is 1.57. The fourth-order valence-corrected chi connectivity index (χ4v) is 1.62. The molecule has 1 rings (SSSR count). The Labute approximate surface area is 94.1 Å². The zero-order valence-electron chi connectivity index (χ0n) is 9.12. The molecule has 0 aliphatic rings. The SMILES string of the molecule is CC(C)CNC(=O)NCCc1cscn1. The Kier molecular flexibility index (Phi) is 5.10. The molecule has 0 atom stereocenters. The van der Waals surface area contributed by atoms with Crippen LogP contribution in [0.2, 0.25) is 0 Å². The van der Waals surface area contributed by atoms with E-state index in [0.717, 1.165) is 12.1 Å². The van der Waals surface area contributed by atoms with Crippen LogP contribution < -0.4 is 10.6 Å². The van der Waals surface area contributed by atoms with E-state index in [-0.39, 0.29) is 6.03 Å². The topological polar surface area (TPSA) is 54.0 Å². The molecule has 1 heterocycles. The van der Waals surface area contributed by atoms with Crippen molar-refractivity contribution >= 4 is 17.4 Å². The first-order valence-corrected chi connectivity index (χ1v) is 6.01. The van der Waals surface area contributed by atoms with Gasteiger partial charge >= 0.3 is 6.03 Å². The van der Waals surface area contributed by atoms with Crippen LogP contribution >= 0.6 is 11.3 Å². The van der Waals surface area contributed by atoms with Gasteiger partial charge in [-0.05, 0) is 5.92 Å². The fraction of sp³-hybridized carbons (Fsp3) is 0.600. The monoisotopic (exact) mass is 227 g/mol. The number of hydrogen-bond donors (Lipinski definition) is 2. The summed E-state index contributed by atoms with van der Waals surface area (Å²) in [4.78, 5) is 15.4. The summed E-state index contributed by atoms with van der Waals surface area (Å²) in [7, 11) is 0. The van der Waals surface area contributed by atoms with Crippen LogP contribution in [0.15, 0.2) is 10.9 Å². The molecular formula is C10H17N3OS. The van der Waals surface area contributed by atoms with Gasteiger partial charge in [0.1, 0.15) is 0 Å². The number of rotatable bonds is 5. The lowest BCUT2D eigenvalue weighted by Crippen LogP contribution is -2.38. The first-order chi connectivity index (χ1) is 7.18. The molecule has 0 aromatic carbocycles. The summed E-state index contributed by atoms with van der Waals surface area (Å²) in [5.74, 6) is 0.481. The Balaban J connectivity index is 2.07. The number of thiazole rings is 1. The minimum Gasteiger partial charge on any atom is -0.338 e. The summed E-state index contributed by atoms with van der Waals surface area (Å²) < 4.78 is 0. The highest BCUT2D eigenvalue weighted by Gasteiger charge is 2.01. The van der Waals surface area contributed by atoms with Crippen LogP contribution in [-0.4, -0.2) is 24.1 Å². The second-order valence-corrected chi connectivity index (χ2v) is 4.48. The molecule has 0 unspecified atom stereocenters. The maximum atomic E-state index is 11.2. The Morgan fingerprint density at radius 2 is 2.33 bits per heavy atom. The van der Waals surface area contributed by atoms with Gasteiger partial charge in [0, 0.05) is 24.9 Å². The number of urea groups is 1. The third kappa shape index (κ3) is 5.37. The van der Waals surface area contributed by atoms with E-state index < -0.39 is 0 Å². The molecule has 1 aromatic heterocycles. The van der Waals surface area contributed by atoms with Crippen molar-refractivity contribution in [2.75, 3.05) is 13.1 Å². The minimum absolute atomic E-state index is 0.0982. The zero-order valence-corrected chi connectivity index (χ0v) is 9.93. The van der Waals surface area contributed by atoms with E-state index in [1.165, 1.54) is 0 Å². The Hall–Kier alpha value is -1.10. The first kappa shape index (κ1) is 12.0. The van der Waals surface area contributed by atoms with Crippen LogP contribution in [0.1, 0.15) is 19.5 Å². The number of hydrogen-bond acceptors (Lipinski definition) is 3. The van der Waals surface area contributed by atoms with Gasteiger partial charge in [0.2, 0.25) is 0 Å². The van der Waals surface area contributed by atoms with Gasteiger partial charge in [0.15, 0.2) is 0 Å². The standard InChI is InChI=1S/C10H17N3OS/c1-8(2)5-12-10(14)11-4-3-9-6-15-7-13-9/h6-8H,3-5H2,1-2H3,(H2,11,12,14). The van der Waals surface area contributed by atoms with Gasteiger partial charge in [0.05, 0.1) is 11.2 Å². The Morgan fingerprint density at radius 3 is 2.93 bits per heavy atom. The number of aromatic nitrogens is 1. The van der Waals surface area contributed by atoms with Crippen molar-refractivity contribution in [1.29, 1.82) is 0 Å². The van der Waals surface area contributed by atoms with Crippen molar-refractivity contribution in [3.8, 4) is 0 Å². The molecule has 15 heavy (non-hydrogen) atoms. The van der Waals surface area contributed by atoms with Crippen molar-refractivity contribution in [2.45, 2.75) is 20.3 Å². The average molecular weight is 227 g/mol. The number of nitrogens with zero attached hydrogens (tertiary/aromatic N) is 1. The summed E-state index contributed by atoms with van der Waals surface area (Å²) in [5, 5.41) is 7.58. The van der Waals surface area contributed by atoms with Gasteiger partial charge in [-0.15, -0.1) is 11.3 Å². The molecular weight excluding hydrogens is 210 g/mol. The summed E-state index contributed by atoms with van der Waals surface area (Å²) in [5.41, 5.74) is 2.83. The molecule has 0 aliphatic heterocycles. The highest BCUT2D eigenvalue weighted by molar-refractivity contribution is 7.07. The zero-order chi connectivity index (χ0) is 11.1. The third-order valence-electron chi connectivity index (χ3n) is 1.82. The summed E-state index contributed by atoms with van der Waals surface area (Å²) in [6.45, 7) is 5.47. The van der Waals surface area contributed by atoms with E-state index in [0.29, 0.717) is 19.0 Å². The molecule has 0 fully saturated rings. The Bertz CT molecular complexity index is 285. The second-order valence-electron chi connectivity index (χ2n) is 3.76. The smallest absolute Gasteiger partial charge is 0.314 e. The Morgan fingerprint density at radius 1 is 1.53 bits per heavy atom. The predicted molar refractivity (Wildman–Crippen MR) is 62.1 cm³/mol. The maximum Gasteiger partial charge on any atom is 0.314 e. The van der Waals surface area contributed by atoms with E-state index in [1.54, 1.807) is 16.8 Å². The molecule has 2 amide bonds. The van der Waals surface area contributed by atoms with Crippen molar-refractivity contribution in [2.24, 2.45) is 5.92 Å². The maximum absolute atomic E-state index is 11.2.